The van der Waals surface area contributed by atoms with Crippen LogP contribution in [0.4, 0.5) is 11.4 Å². The number of fused-ring (bicyclic) bond motifs is 2. The van der Waals surface area contributed by atoms with Gasteiger partial charge in [0.2, 0.25) is 0 Å². The van der Waals surface area contributed by atoms with E-state index in [4.69, 9.17) is 4.98 Å². The molecule has 8 nitrogen and oxygen atoms in total. The molecule has 10 heteroatoms. The predicted molar refractivity (Wildman–Crippen MR) is 142 cm³/mol. The Labute approximate surface area is 215 Å². The molecule has 5 rings (SSSR count). The zero-order valence-electron chi connectivity index (χ0n) is 17.5. The van der Waals surface area contributed by atoms with Crippen molar-refractivity contribution in [2.75, 3.05) is 11.9 Å². The Kier molecular flexibility index (Phi) is 5.56. The third kappa shape index (κ3) is 3.72. The summed E-state index contributed by atoms with van der Waals surface area (Å²) in [5, 5.41) is 11.5. The van der Waals surface area contributed by atoms with E-state index in [1.807, 2.05) is 24.3 Å². The van der Waals surface area contributed by atoms with Gasteiger partial charge in [0.05, 0.1) is 32.8 Å². The number of amides is 1. The number of nitro benzene ring substituents is 1. The maximum Gasteiger partial charge on any atom is 0.269 e. The van der Waals surface area contributed by atoms with E-state index in [0.29, 0.717) is 27.7 Å². The lowest BCUT2D eigenvalue weighted by molar-refractivity contribution is -0.384. The van der Waals surface area contributed by atoms with Gasteiger partial charge in [0, 0.05) is 32.8 Å². The molecule has 0 saturated carbocycles. The fourth-order valence-corrected chi connectivity index (χ4v) is 4.79. The van der Waals surface area contributed by atoms with Gasteiger partial charge in [-0.2, -0.15) is 0 Å². The number of non-ortho nitro benzene ring substituents is 1. The van der Waals surface area contributed by atoms with Crippen molar-refractivity contribution in [1.29, 1.82) is 0 Å². The van der Waals surface area contributed by atoms with Gasteiger partial charge >= 0.3 is 0 Å². The zero-order valence-corrected chi connectivity index (χ0v) is 21.3. The van der Waals surface area contributed by atoms with Crippen LogP contribution in [0.15, 0.2) is 69.9 Å². The van der Waals surface area contributed by atoms with Gasteiger partial charge in [-0.1, -0.05) is 15.9 Å². The first-order valence-corrected chi connectivity index (χ1v) is 11.9. The number of anilines is 1. The van der Waals surface area contributed by atoms with Crippen molar-refractivity contribution in [3.63, 3.8) is 0 Å². The Hall–Kier alpha value is -3.38. The highest BCUT2D eigenvalue weighted by atomic mass is 127. The van der Waals surface area contributed by atoms with Gasteiger partial charge in [-0.3, -0.25) is 24.3 Å². The Morgan fingerprint density at radius 2 is 1.79 bits per heavy atom. The summed E-state index contributed by atoms with van der Waals surface area (Å²) in [4.78, 5) is 43.5. The molecule has 2 heterocycles. The lowest BCUT2D eigenvalue weighted by atomic mass is 10.1. The van der Waals surface area contributed by atoms with Crippen LogP contribution >= 0.6 is 38.5 Å². The number of hydrogen-bond acceptors (Lipinski definition) is 5. The van der Waals surface area contributed by atoms with Crippen LogP contribution in [0.2, 0.25) is 0 Å². The number of nitro groups is 1. The summed E-state index contributed by atoms with van der Waals surface area (Å²) in [6.45, 7) is 0. The summed E-state index contributed by atoms with van der Waals surface area (Å²) < 4.78 is 3.06. The van der Waals surface area contributed by atoms with Crippen LogP contribution in [0.3, 0.4) is 0 Å². The average Bonchev–Trinajstić information content (AvgIpc) is 3.04. The number of benzene rings is 3. The van der Waals surface area contributed by atoms with Gasteiger partial charge in [0.1, 0.15) is 5.82 Å². The van der Waals surface area contributed by atoms with E-state index in [1.165, 1.54) is 28.8 Å². The number of carbonyl (C=O) groups excluding carboxylic acids is 1. The highest BCUT2D eigenvalue weighted by Gasteiger charge is 2.30. The van der Waals surface area contributed by atoms with Crippen molar-refractivity contribution in [1.82, 2.24) is 9.55 Å². The third-order valence-electron chi connectivity index (χ3n) is 5.59. The maximum absolute atomic E-state index is 13.6. The van der Waals surface area contributed by atoms with E-state index < -0.39 is 4.92 Å². The van der Waals surface area contributed by atoms with Gasteiger partial charge in [0.15, 0.2) is 0 Å². The number of nitrogens with zero attached hydrogens (tertiary/aromatic N) is 4. The molecule has 1 aliphatic heterocycles. The van der Waals surface area contributed by atoms with Gasteiger partial charge in [-0.05, 0) is 77.2 Å². The molecule has 0 saturated heterocycles. The lowest BCUT2D eigenvalue weighted by Crippen LogP contribution is -2.23. The molecule has 34 heavy (non-hydrogen) atoms. The summed E-state index contributed by atoms with van der Waals surface area (Å²) in [5.41, 5.74) is 2.33. The van der Waals surface area contributed by atoms with Crippen LogP contribution in [0.1, 0.15) is 11.4 Å². The SMILES string of the molecule is CN1C(=O)C(=Cc2nc3ccc(I)cc3c(=O)n2-c2ccc([N+](=O)[O-])cc2)c2cc(Br)ccc21. The van der Waals surface area contributed by atoms with Crippen molar-refractivity contribution in [3.8, 4) is 5.69 Å². The summed E-state index contributed by atoms with van der Waals surface area (Å²) in [7, 11) is 1.69. The summed E-state index contributed by atoms with van der Waals surface area (Å²) >= 11 is 5.58. The molecule has 0 spiro atoms. The largest absolute Gasteiger partial charge is 0.311 e. The normalized spacial score (nSPS) is 14.1. The molecule has 1 aliphatic rings. The second kappa shape index (κ2) is 8.44. The van der Waals surface area contributed by atoms with E-state index in [-0.39, 0.29) is 23.0 Å². The van der Waals surface area contributed by atoms with Crippen LogP contribution in [0.25, 0.3) is 28.2 Å². The molecule has 0 bridgehead atoms. The molecule has 4 aromatic rings. The number of aromatic nitrogens is 2. The minimum atomic E-state index is -0.502. The molecule has 0 unspecified atom stereocenters. The van der Waals surface area contributed by atoms with Crippen LogP contribution in [-0.4, -0.2) is 27.4 Å². The molecule has 0 atom stereocenters. The van der Waals surface area contributed by atoms with E-state index in [2.05, 4.69) is 38.5 Å². The second-order valence-electron chi connectivity index (χ2n) is 7.63. The summed E-state index contributed by atoms with van der Waals surface area (Å²) in [5.74, 6) is 0.0254. The van der Waals surface area contributed by atoms with Gasteiger partial charge in [0.25, 0.3) is 17.2 Å². The molecular formula is C24H14BrIN4O4. The first-order valence-electron chi connectivity index (χ1n) is 10.0. The molecule has 0 fully saturated rings. The number of likely N-dealkylation sites (N-methyl/N-ethyl adjacent to an activating group) is 1. The van der Waals surface area contributed by atoms with Crippen molar-refractivity contribution >= 4 is 78.4 Å². The first-order chi connectivity index (χ1) is 16.2. The van der Waals surface area contributed by atoms with Gasteiger partial charge in [-0.25, -0.2) is 4.98 Å². The fraction of sp³-hybridized carbons (Fsp3) is 0.0417. The Bertz CT molecular complexity index is 1610. The van der Waals surface area contributed by atoms with E-state index in [1.54, 1.807) is 30.2 Å². The van der Waals surface area contributed by atoms with Gasteiger partial charge in [-0.15, -0.1) is 0 Å². The van der Waals surface area contributed by atoms with E-state index in [9.17, 15) is 19.7 Å². The predicted octanol–water partition coefficient (Wildman–Crippen LogP) is 5.18. The molecule has 0 aliphatic carbocycles. The average molecular weight is 629 g/mol. The summed E-state index contributed by atoms with van der Waals surface area (Å²) in [6, 6.07) is 16.6. The molecule has 168 valence electrons. The van der Waals surface area contributed by atoms with E-state index in [0.717, 1.165) is 13.7 Å². The molecule has 1 amide bonds. The monoisotopic (exact) mass is 628 g/mol. The molecule has 0 radical (unpaired) electrons. The Morgan fingerprint density at radius 3 is 2.50 bits per heavy atom. The van der Waals surface area contributed by atoms with Crippen LogP contribution in [0.5, 0.6) is 0 Å². The Balaban J connectivity index is 1.81. The summed E-state index contributed by atoms with van der Waals surface area (Å²) in [6.07, 6.45) is 1.59. The number of halogens is 2. The van der Waals surface area contributed by atoms with Gasteiger partial charge < -0.3 is 4.90 Å². The van der Waals surface area contributed by atoms with Crippen LogP contribution in [-0.2, 0) is 4.79 Å². The highest BCUT2D eigenvalue weighted by Crippen LogP contribution is 2.38. The quantitative estimate of drug-likeness (QED) is 0.135. The minimum Gasteiger partial charge on any atom is -0.311 e. The topological polar surface area (TPSA) is 98.3 Å². The van der Waals surface area contributed by atoms with Crippen molar-refractivity contribution in [3.05, 3.63) is 101 Å². The van der Waals surface area contributed by atoms with Crippen molar-refractivity contribution in [2.24, 2.45) is 0 Å². The standard InChI is InChI=1S/C24H14BrIN4O4/c1-28-21-9-2-13(25)10-17(21)18(23(28)31)12-22-27-20-8-3-14(26)11-19(20)24(32)29(22)15-4-6-16(7-5-15)30(33)34/h2-12H,1H3. The second-order valence-corrected chi connectivity index (χ2v) is 9.79. The minimum absolute atomic E-state index is 0.0913. The van der Waals surface area contributed by atoms with Crippen LogP contribution < -0.4 is 10.5 Å². The highest BCUT2D eigenvalue weighted by molar-refractivity contribution is 14.1. The third-order valence-corrected chi connectivity index (χ3v) is 6.76. The first kappa shape index (κ1) is 22.4. The molecular weight excluding hydrogens is 615 g/mol. The molecule has 3 aromatic carbocycles. The molecule has 1 aromatic heterocycles. The smallest absolute Gasteiger partial charge is 0.269 e. The van der Waals surface area contributed by atoms with E-state index >= 15 is 0 Å². The zero-order chi connectivity index (χ0) is 24.1. The van der Waals surface area contributed by atoms with Crippen molar-refractivity contribution < 1.29 is 9.72 Å². The van der Waals surface area contributed by atoms with Crippen LogP contribution in [0, 0.1) is 13.7 Å². The van der Waals surface area contributed by atoms with Crippen molar-refractivity contribution in [2.45, 2.75) is 0 Å². The maximum atomic E-state index is 13.6. The molecule has 0 N–H and O–H groups in total. The number of hydrogen-bond donors (Lipinski definition) is 0. The fourth-order valence-electron chi connectivity index (χ4n) is 3.94. The lowest BCUT2D eigenvalue weighted by Gasteiger charge is -2.12. The Morgan fingerprint density at radius 1 is 1.06 bits per heavy atom. The number of rotatable bonds is 3. The number of carbonyl (C=O) groups is 1.